The lowest BCUT2D eigenvalue weighted by atomic mass is 9.95. The number of carboxylic acid groups (broad SMARTS) is 1. The quantitative estimate of drug-likeness (QED) is 0.0998. The molecule has 0 aliphatic carbocycles. The molecular weight excluding hydrogens is 607 g/mol. The number of anilines is 1. The number of amides is 5. The number of carbonyl (C=O) groups excluding carboxylic acids is 5. The Labute approximate surface area is 264 Å². The van der Waals surface area contributed by atoms with Gasteiger partial charge in [0.25, 0.3) is 11.8 Å². The molecule has 2 aromatic rings. The third-order valence-electron chi connectivity index (χ3n) is 7.19. The summed E-state index contributed by atoms with van der Waals surface area (Å²) in [6.45, 7) is 8.80. The van der Waals surface area contributed by atoms with Crippen molar-refractivity contribution < 1.29 is 38.3 Å². The van der Waals surface area contributed by atoms with Gasteiger partial charge in [-0.05, 0) is 42.5 Å². The molecule has 45 heavy (non-hydrogen) atoms. The highest BCUT2D eigenvalue weighted by atomic mass is 32.1. The van der Waals surface area contributed by atoms with Crippen molar-refractivity contribution in [3.8, 4) is 0 Å². The summed E-state index contributed by atoms with van der Waals surface area (Å²) in [6, 6.07) is 3.87. The third-order valence-corrected chi connectivity index (χ3v) is 8.41. The minimum Gasteiger partial charge on any atom is -0.465 e. The summed E-state index contributed by atoms with van der Waals surface area (Å²) in [5.41, 5.74) is 6.49. The lowest BCUT2D eigenvalue weighted by Gasteiger charge is -2.26. The van der Waals surface area contributed by atoms with Crippen LogP contribution in [0.1, 0.15) is 71.2 Å². The van der Waals surface area contributed by atoms with Crippen LogP contribution >= 0.6 is 11.3 Å². The van der Waals surface area contributed by atoms with Gasteiger partial charge in [-0.1, -0.05) is 39.8 Å². The maximum absolute atomic E-state index is 13.4. The molecule has 1 aromatic carbocycles. The van der Waals surface area contributed by atoms with E-state index in [0.717, 1.165) is 11.3 Å². The molecule has 0 spiro atoms. The van der Waals surface area contributed by atoms with E-state index in [1.165, 1.54) is 24.3 Å². The zero-order chi connectivity index (χ0) is 33.8. The highest BCUT2D eigenvalue weighted by Gasteiger charge is 2.29. The first-order chi connectivity index (χ1) is 21.2. The highest BCUT2D eigenvalue weighted by molar-refractivity contribution is 7.18. The van der Waals surface area contributed by atoms with Crippen LogP contribution in [0.15, 0.2) is 24.3 Å². The molecule has 1 heterocycles. The fourth-order valence-electron chi connectivity index (χ4n) is 4.59. The van der Waals surface area contributed by atoms with E-state index in [9.17, 15) is 33.2 Å². The SMILES string of the molecule is CCC(C(=O)Nc1sc(C(N)=O)c(C)c1C(=O)NCCNC[C@@H](NC(=O)[C@@H](NC(=O)O)C(C)C)C(C)C=O)c1ccc(F)cc1. The summed E-state index contributed by atoms with van der Waals surface area (Å²) in [7, 11) is 0. The summed E-state index contributed by atoms with van der Waals surface area (Å²) >= 11 is 0.885. The molecule has 15 heteroatoms. The van der Waals surface area contributed by atoms with Crippen LogP contribution in [0.2, 0.25) is 0 Å². The second kappa shape index (κ2) is 17.2. The van der Waals surface area contributed by atoms with E-state index >= 15 is 0 Å². The van der Waals surface area contributed by atoms with Crippen molar-refractivity contribution in [2.75, 3.05) is 25.0 Å². The number of hydrogen-bond donors (Lipinski definition) is 7. The van der Waals surface area contributed by atoms with Gasteiger partial charge in [0.05, 0.1) is 22.4 Å². The Morgan fingerprint density at radius 3 is 2.20 bits per heavy atom. The third kappa shape index (κ3) is 10.4. The molecule has 5 amide bonds. The molecule has 0 fully saturated rings. The van der Waals surface area contributed by atoms with Gasteiger partial charge in [-0.25, -0.2) is 9.18 Å². The molecule has 0 aliphatic rings. The first-order valence-corrected chi connectivity index (χ1v) is 15.3. The molecule has 246 valence electrons. The molecule has 1 aromatic heterocycles. The predicted octanol–water partition coefficient (Wildman–Crippen LogP) is 2.36. The molecule has 13 nitrogen and oxygen atoms in total. The van der Waals surface area contributed by atoms with Crippen LogP contribution in [0.3, 0.4) is 0 Å². The first kappa shape index (κ1) is 36.8. The van der Waals surface area contributed by atoms with Crippen LogP contribution in [0.25, 0.3) is 0 Å². The Morgan fingerprint density at radius 2 is 1.67 bits per heavy atom. The number of aldehydes is 1. The molecule has 8 N–H and O–H groups in total. The number of thiophene rings is 1. The van der Waals surface area contributed by atoms with Crippen molar-refractivity contribution in [3.63, 3.8) is 0 Å². The second-order valence-corrected chi connectivity index (χ2v) is 11.9. The van der Waals surface area contributed by atoms with E-state index in [1.54, 1.807) is 34.6 Å². The van der Waals surface area contributed by atoms with E-state index in [1.807, 2.05) is 0 Å². The summed E-state index contributed by atoms with van der Waals surface area (Å²) in [5.74, 6) is -4.33. The number of nitrogens with two attached hydrogens (primary N) is 1. The molecule has 0 saturated heterocycles. The zero-order valence-electron chi connectivity index (χ0n) is 25.9. The van der Waals surface area contributed by atoms with Gasteiger partial charge in [0, 0.05) is 25.6 Å². The van der Waals surface area contributed by atoms with Crippen LogP contribution in [0, 0.1) is 24.6 Å². The number of nitrogens with one attached hydrogen (secondary N) is 5. The van der Waals surface area contributed by atoms with Crippen molar-refractivity contribution in [3.05, 3.63) is 51.7 Å². The van der Waals surface area contributed by atoms with Crippen molar-refractivity contribution in [2.24, 2.45) is 17.6 Å². The van der Waals surface area contributed by atoms with E-state index in [0.29, 0.717) is 23.8 Å². The fraction of sp³-hybridized carbons (Fsp3) is 0.467. The summed E-state index contributed by atoms with van der Waals surface area (Å²) < 4.78 is 13.4. The van der Waals surface area contributed by atoms with E-state index < -0.39 is 59.5 Å². The Balaban J connectivity index is 2.08. The van der Waals surface area contributed by atoms with Crippen LogP contribution < -0.4 is 32.3 Å². The average Bonchev–Trinajstić information content (AvgIpc) is 3.31. The largest absolute Gasteiger partial charge is 0.465 e. The molecule has 0 aliphatic heterocycles. The number of primary amides is 1. The normalized spacial score (nSPS) is 13.7. The maximum Gasteiger partial charge on any atom is 0.405 e. The van der Waals surface area contributed by atoms with E-state index in [-0.39, 0.29) is 41.0 Å². The average molecular weight is 649 g/mol. The molecule has 4 atom stereocenters. The Bertz CT molecular complexity index is 1380. The lowest BCUT2D eigenvalue weighted by Crippen LogP contribution is -2.55. The van der Waals surface area contributed by atoms with Crippen LogP contribution in [-0.2, 0) is 14.4 Å². The van der Waals surface area contributed by atoms with Crippen LogP contribution in [0.5, 0.6) is 0 Å². The van der Waals surface area contributed by atoms with Gasteiger partial charge in [0.2, 0.25) is 11.8 Å². The van der Waals surface area contributed by atoms with Gasteiger partial charge < -0.3 is 42.2 Å². The monoisotopic (exact) mass is 648 g/mol. The van der Waals surface area contributed by atoms with Gasteiger partial charge >= 0.3 is 6.09 Å². The predicted molar refractivity (Wildman–Crippen MR) is 168 cm³/mol. The zero-order valence-corrected chi connectivity index (χ0v) is 26.7. The minimum absolute atomic E-state index is 0.0847. The number of carbonyl (C=O) groups is 6. The molecular formula is C30H41FN6O7S. The maximum atomic E-state index is 13.4. The Kier molecular flexibility index (Phi) is 14.1. The van der Waals surface area contributed by atoms with Crippen molar-refractivity contribution >= 4 is 52.3 Å². The van der Waals surface area contributed by atoms with Gasteiger partial charge in [0.1, 0.15) is 23.1 Å². The van der Waals surface area contributed by atoms with Gasteiger partial charge in [-0.15, -0.1) is 11.3 Å². The topological polar surface area (TPSA) is 209 Å². The number of benzene rings is 1. The first-order valence-electron chi connectivity index (χ1n) is 14.4. The summed E-state index contributed by atoms with van der Waals surface area (Å²) in [6.07, 6.45) is -0.272. The van der Waals surface area contributed by atoms with Gasteiger partial charge in [-0.3, -0.25) is 19.2 Å². The number of rotatable bonds is 17. The summed E-state index contributed by atoms with van der Waals surface area (Å²) in [4.78, 5) is 73.9. The van der Waals surface area contributed by atoms with Crippen LogP contribution in [0.4, 0.5) is 14.2 Å². The van der Waals surface area contributed by atoms with Gasteiger partial charge in [-0.2, -0.15) is 0 Å². The van der Waals surface area contributed by atoms with Gasteiger partial charge in [0.15, 0.2) is 0 Å². The summed E-state index contributed by atoms with van der Waals surface area (Å²) in [5, 5.41) is 22.6. The molecule has 0 saturated carbocycles. The highest BCUT2D eigenvalue weighted by Crippen LogP contribution is 2.34. The minimum atomic E-state index is -1.35. The Morgan fingerprint density at radius 1 is 1.02 bits per heavy atom. The van der Waals surface area contributed by atoms with Crippen molar-refractivity contribution in [2.45, 2.75) is 59.0 Å². The fourth-order valence-corrected chi connectivity index (χ4v) is 5.65. The van der Waals surface area contributed by atoms with Crippen molar-refractivity contribution in [1.29, 1.82) is 0 Å². The lowest BCUT2D eigenvalue weighted by molar-refractivity contribution is -0.125. The molecule has 2 unspecified atom stereocenters. The number of halogens is 1. The van der Waals surface area contributed by atoms with E-state index in [4.69, 9.17) is 10.8 Å². The molecule has 0 radical (unpaired) electrons. The standard InChI is InChI=1S/C30H41FN6O7S/c1-6-20(18-7-9-19(31)10-8-18)26(40)37-29-22(17(5)24(45-29)25(32)39)27(41)34-12-11-33-13-21(16(4)14-38)35-28(42)23(15(2)3)36-30(43)44/h7-10,14-16,20-21,23,33,36H,6,11-13H2,1-5H3,(H2,32,39)(H,34,41)(H,35,42)(H,37,40)(H,43,44)/t16?,20?,21-,23+/m1/s1. The number of hydrogen-bond acceptors (Lipinski definition) is 8. The second-order valence-electron chi connectivity index (χ2n) is 10.9. The smallest absolute Gasteiger partial charge is 0.405 e. The molecule has 2 rings (SSSR count). The molecule has 0 bridgehead atoms. The van der Waals surface area contributed by atoms with E-state index in [2.05, 4.69) is 26.6 Å². The van der Waals surface area contributed by atoms with Crippen molar-refractivity contribution in [1.82, 2.24) is 21.3 Å². The van der Waals surface area contributed by atoms with Crippen LogP contribution in [-0.4, -0.2) is 72.8 Å². The Hall–Kier alpha value is -4.37.